The van der Waals surface area contributed by atoms with Crippen LogP contribution in [0.1, 0.15) is 22.3 Å². The highest BCUT2D eigenvalue weighted by atomic mass is 16.5. The topological polar surface area (TPSA) is 114 Å². The molecule has 0 unspecified atom stereocenters. The second-order valence-corrected chi connectivity index (χ2v) is 7.06. The van der Waals surface area contributed by atoms with Crippen LogP contribution in [0.3, 0.4) is 0 Å². The van der Waals surface area contributed by atoms with Gasteiger partial charge in [-0.25, -0.2) is 0 Å². The maximum absolute atomic E-state index is 9.38. The van der Waals surface area contributed by atoms with E-state index < -0.39 is 0 Å². The van der Waals surface area contributed by atoms with Crippen molar-refractivity contribution in [3.63, 3.8) is 0 Å². The molecule has 0 saturated heterocycles. The summed E-state index contributed by atoms with van der Waals surface area (Å²) < 4.78 is 12.3. The average molecular weight is 438 g/mol. The summed E-state index contributed by atoms with van der Waals surface area (Å²) in [7, 11) is 0. The molecule has 0 atom stereocenters. The van der Waals surface area contributed by atoms with E-state index in [1.54, 1.807) is 18.2 Å². The monoisotopic (exact) mass is 438 g/mol. The summed E-state index contributed by atoms with van der Waals surface area (Å²) in [4.78, 5) is 0. The lowest BCUT2D eigenvalue weighted by Crippen LogP contribution is -1.95. The fourth-order valence-corrected chi connectivity index (χ4v) is 3.35. The summed E-state index contributed by atoms with van der Waals surface area (Å²) in [5, 5.41) is 37.1. The lowest BCUT2D eigenvalue weighted by Gasteiger charge is -2.17. The molecular weight excluding hydrogens is 424 g/mol. The van der Waals surface area contributed by atoms with Gasteiger partial charge in [-0.15, -0.1) is 0 Å². The summed E-state index contributed by atoms with van der Waals surface area (Å²) in [6.07, 6.45) is 0. The van der Waals surface area contributed by atoms with Crippen molar-refractivity contribution in [2.75, 3.05) is 0 Å². The van der Waals surface area contributed by atoms with E-state index in [4.69, 9.17) is 9.47 Å². The molecule has 0 N–H and O–H groups in total. The first kappa shape index (κ1) is 21.7. The number of nitriles is 4. The van der Waals surface area contributed by atoms with Crippen molar-refractivity contribution in [2.45, 2.75) is 0 Å². The van der Waals surface area contributed by atoms with Crippen LogP contribution < -0.4 is 9.47 Å². The Kier molecular flexibility index (Phi) is 6.19. The van der Waals surface area contributed by atoms with Gasteiger partial charge < -0.3 is 9.47 Å². The number of hydrogen-bond donors (Lipinski definition) is 0. The lowest BCUT2D eigenvalue weighted by molar-refractivity contribution is 0.420. The molecule has 0 amide bonds. The molecule has 0 heterocycles. The zero-order chi connectivity index (χ0) is 23.9. The van der Waals surface area contributed by atoms with Crippen molar-refractivity contribution in [3.8, 4) is 58.4 Å². The summed E-state index contributed by atoms with van der Waals surface area (Å²) in [6, 6.07) is 32.2. The van der Waals surface area contributed by atoms with Crippen LogP contribution in [0, 0.1) is 45.3 Å². The fourth-order valence-electron chi connectivity index (χ4n) is 3.35. The van der Waals surface area contributed by atoms with Crippen LogP contribution in [0.25, 0.3) is 11.1 Å². The molecule has 4 rings (SSSR count). The third-order valence-electron chi connectivity index (χ3n) is 4.98. The van der Waals surface area contributed by atoms with E-state index >= 15 is 0 Å². The molecule has 0 radical (unpaired) electrons. The van der Waals surface area contributed by atoms with Crippen molar-refractivity contribution in [1.29, 1.82) is 21.0 Å². The number of benzene rings is 4. The zero-order valence-corrected chi connectivity index (χ0v) is 17.7. The molecule has 4 aromatic rings. The number of para-hydroxylation sites is 1. The van der Waals surface area contributed by atoms with Gasteiger partial charge in [0, 0.05) is 5.56 Å². The van der Waals surface area contributed by atoms with Gasteiger partial charge in [-0.1, -0.05) is 42.5 Å². The molecule has 158 valence electrons. The third-order valence-corrected chi connectivity index (χ3v) is 4.98. The summed E-state index contributed by atoms with van der Waals surface area (Å²) >= 11 is 0. The molecule has 4 aromatic carbocycles. The van der Waals surface area contributed by atoms with Crippen LogP contribution in [0.5, 0.6) is 23.0 Å². The molecule has 0 aromatic heterocycles. The molecule has 0 spiro atoms. The Labute approximate surface area is 196 Å². The van der Waals surface area contributed by atoms with Crippen LogP contribution in [0.4, 0.5) is 0 Å². The Bertz CT molecular complexity index is 1550. The highest BCUT2D eigenvalue weighted by Gasteiger charge is 2.16. The third kappa shape index (κ3) is 4.39. The Morgan fingerprint density at radius 2 is 1.06 bits per heavy atom. The smallest absolute Gasteiger partial charge is 0.177 e. The average Bonchev–Trinajstić information content (AvgIpc) is 2.89. The summed E-state index contributed by atoms with van der Waals surface area (Å²) in [5.74, 6) is 1.49. The molecule has 6 nitrogen and oxygen atoms in total. The van der Waals surface area contributed by atoms with Gasteiger partial charge in [0.25, 0.3) is 0 Å². The summed E-state index contributed by atoms with van der Waals surface area (Å²) in [5.41, 5.74) is 2.54. The van der Waals surface area contributed by atoms with Gasteiger partial charge in [0.15, 0.2) is 11.5 Å². The van der Waals surface area contributed by atoms with Crippen molar-refractivity contribution < 1.29 is 9.47 Å². The molecule has 0 bridgehead atoms. The van der Waals surface area contributed by atoms with E-state index in [0.29, 0.717) is 23.0 Å². The Balaban J connectivity index is 1.82. The zero-order valence-electron chi connectivity index (χ0n) is 17.7. The number of nitrogens with zero attached hydrogens (tertiary/aromatic N) is 4. The maximum atomic E-state index is 9.38. The van der Waals surface area contributed by atoms with Gasteiger partial charge in [-0.2, -0.15) is 21.0 Å². The number of hydrogen-bond acceptors (Lipinski definition) is 6. The SMILES string of the molecule is N#Cc1ccc(Oc2cccc(-c3ccccc3)c2Oc2ccc(C#N)c(C#N)c2)cc1C#N. The predicted molar refractivity (Wildman–Crippen MR) is 124 cm³/mol. The van der Waals surface area contributed by atoms with Crippen molar-refractivity contribution >= 4 is 0 Å². The first-order chi connectivity index (χ1) is 16.7. The van der Waals surface area contributed by atoms with E-state index in [0.717, 1.165) is 11.1 Å². The van der Waals surface area contributed by atoms with Crippen LogP contribution in [0.15, 0.2) is 84.9 Å². The predicted octanol–water partition coefficient (Wildman–Crippen LogP) is 6.42. The highest BCUT2D eigenvalue weighted by molar-refractivity contribution is 5.74. The molecule has 0 aliphatic rings. The van der Waals surface area contributed by atoms with E-state index in [2.05, 4.69) is 0 Å². The second-order valence-electron chi connectivity index (χ2n) is 7.06. The molecule has 34 heavy (non-hydrogen) atoms. The van der Waals surface area contributed by atoms with Gasteiger partial charge in [0.05, 0.1) is 22.3 Å². The van der Waals surface area contributed by atoms with Crippen LogP contribution in [-0.4, -0.2) is 0 Å². The first-order valence-corrected chi connectivity index (χ1v) is 10.1. The minimum atomic E-state index is 0.199. The van der Waals surface area contributed by atoms with E-state index in [1.165, 1.54) is 24.3 Å². The Morgan fingerprint density at radius 3 is 1.62 bits per heavy atom. The van der Waals surface area contributed by atoms with E-state index in [1.807, 2.05) is 66.7 Å². The quantitative estimate of drug-likeness (QED) is 0.355. The van der Waals surface area contributed by atoms with Crippen molar-refractivity contribution in [1.82, 2.24) is 0 Å². The van der Waals surface area contributed by atoms with Crippen LogP contribution in [-0.2, 0) is 0 Å². The van der Waals surface area contributed by atoms with Crippen molar-refractivity contribution in [3.05, 3.63) is 107 Å². The van der Waals surface area contributed by atoms with Crippen LogP contribution in [0.2, 0.25) is 0 Å². The maximum Gasteiger partial charge on any atom is 0.177 e. The normalized spacial score (nSPS) is 9.65. The lowest BCUT2D eigenvalue weighted by atomic mass is 10.0. The minimum absolute atomic E-state index is 0.199. The molecule has 0 aliphatic carbocycles. The first-order valence-electron chi connectivity index (χ1n) is 10.1. The van der Waals surface area contributed by atoms with Crippen LogP contribution >= 0.6 is 0 Å². The van der Waals surface area contributed by atoms with Gasteiger partial charge in [0.2, 0.25) is 0 Å². The molecule has 0 aliphatic heterocycles. The Hall–Kier alpha value is -5.56. The number of ether oxygens (including phenoxy) is 2. The highest BCUT2D eigenvalue weighted by Crippen LogP contribution is 2.43. The minimum Gasteiger partial charge on any atom is -0.453 e. The second kappa shape index (κ2) is 9.71. The van der Waals surface area contributed by atoms with Gasteiger partial charge in [0.1, 0.15) is 35.8 Å². The van der Waals surface area contributed by atoms with E-state index in [-0.39, 0.29) is 22.3 Å². The van der Waals surface area contributed by atoms with Crippen molar-refractivity contribution in [2.24, 2.45) is 0 Å². The van der Waals surface area contributed by atoms with Gasteiger partial charge in [-0.3, -0.25) is 0 Å². The molecule has 0 saturated carbocycles. The molecule has 0 fully saturated rings. The largest absolute Gasteiger partial charge is 0.453 e. The summed E-state index contributed by atoms with van der Waals surface area (Å²) in [6.45, 7) is 0. The molecular formula is C28H14N4O2. The molecule has 6 heteroatoms. The van der Waals surface area contributed by atoms with E-state index in [9.17, 15) is 21.0 Å². The standard InChI is InChI=1S/C28H14N4O2/c29-15-20-9-11-24(13-22(20)17-31)33-27-8-4-7-26(19-5-2-1-3-6-19)28(27)34-25-12-10-21(16-30)23(14-25)18-32/h1-14H. The van der Waals surface area contributed by atoms with Gasteiger partial charge in [-0.05, 0) is 48.0 Å². The number of rotatable bonds is 5. The Morgan fingerprint density at radius 1 is 0.500 bits per heavy atom. The fraction of sp³-hybridized carbons (Fsp3) is 0. The van der Waals surface area contributed by atoms with Gasteiger partial charge >= 0.3 is 0 Å².